The topological polar surface area (TPSA) is 90.3 Å². The fourth-order valence-electron chi connectivity index (χ4n) is 3.80. The maximum Gasteiger partial charge on any atom is 0.340 e. The van der Waals surface area contributed by atoms with Crippen LogP contribution in [0.4, 0.5) is 4.39 Å². The number of carbonyl (C=O) groups is 3. The van der Waals surface area contributed by atoms with Crippen LogP contribution in [-0.2, 0) is 33.8 Å². The van der Waals surface area contributed by atoms with Gasteiger partial charge >= 0.3 is 5.97 Å². The van der Waals surface area contributed by atoms with E-state index in [-0.39, 0.29) is 29.0 Å². The highest BCUT2D eigenvalue weighted by Gasteiger charge is 2.22. The number of imidazole rings is 1. The van der Waals surface area contributed by atoms with Crippen LogP contribution in [0, 0.1) is 17.7 Å². The van der Waals surface area contributed by atoms with E-state index in [1.165, 1.54) is 37.9 Å². The van der Waals surface area contributed by atoms with Crippen molar-refractivity contribution in [2.24, 2.45) is 11.8 Å². The van der Waals surface area contributed by atoms with Gasteiger partial charge < -0.3 is 14.6 Å². The predicted octanol–water partition coefficient (Wildman–Crippen LogP) is 4.76. The Kier molecular flexibility index (Phi) is 11.4. The number of halogens is 1. The first-order valence-corrected chi connectivity index (χ1v) is 13.0. The number of rotatable bonds is 13. The molecular formula is C26H36FN3O4S. The number of hydrogen-bond donors (Lipinski definition) is 1. The molecule has 1 atom stereocenters. The predicted molar refractivity (Wildman–Crippen MR) is 136 cm³/mol. The minimum Gasteiger partial charge on any atom is -0.465 e. The zero-order valence-corrected chi connectivity index (χ0v) is 22.0. The van der Waals surface area contributed by atoms with E-state index < -0.39 is 11.8 Å². The molecule has 2 rings (SSSR count). The van der Waals surface area contributed by atoms with E-state index in [0.29, 0.717) is 30.2 Å². The number of esters is 1. The monoisotopic (exact) mass is 505 g/mol. The van der Waals surface area contributed by atoms with E-state index in [1.54, 1.807) is 12.3 Å². The first-order chi connectivity index (χ1) is 16.7. The summed E-state index contributed by atoms with van der Waals surface area (Å²) in [5, 5.41) is 3.00. The van der Waals surface area contributed by atoms with Crippen LogP contribution in [0.15, 0.2) is 24.4 Å². The molecule has 192 valence electrons. The van der Waals surface area contributed by atoms with Crippen molar-refractivity contribution in [1.29, 1.82) is 0 Å². The molecule has 0 saturated carbocycles. The van der Waals surface area contributed by atoms with Gasteiger partial charge in [0.1, 0.15) is 11.6 Å². The number of nitrogens with one attached hydrogen (secondary N) is 1. The second-order valence-corrected chi connectivity index (χ2v) is 10.2. The lowest BCUT2D eigenvalue weighted by Gasteiger charge is -2.19. The molecule has 1 N–H and O–H groups in total. The lowest BCUT2D eigenvalue weighted by Crippen LogP contribution is -2.33. The van der Waals surface area contributed by atoms with E-state index >= 15 is 0 Å². The van der Waals surface area contributed by atoms with Crippen molar-refractivity contribution in [2.45, 2.75) is 66.5 Å². The van der Waals surface area contributed by atoms with Gasteiger partial charge in [0.05, 0.1) is 31.1 Å². The van der Waals surface area contributed by atoms with E-state index in [2.05, 4.69) is 35.8 Å². The smallest absolute Gasteiger partial charge is 0.340 e. The summed E-state index contributed by atoms with van der Waals surface area (Å²) in [6.45, 7) is 8.35. The normalized spacial score (nSPS) is 12.0. The molecule has 0 fully saturated rings. The van der Waals surface area contributed by atoms with Gasteiger partial charge in [0.2, 0.25) is 5.91 Å². The van der Waals surface area contributed by atoms with Crippen molar-refractivity contribution in [2.75, 3.05) is 12.9 Å². The van der Waals surface area contributed by atoms with Crippen LogP contribution >= 0.6 is 11.8 Å². The van der Waals surface area contributed by atoms with E-state index in [1.807, 2.05) is 4.57 Å². The molecule has 1 unspecified atom stereocenters. The van der Waals surface area contributed by atoms with Crippen molar-refractivity contribution in [1.82, 2.24) is 14.9 Å². The summed E-state index contributed by atoms with van der Waals surface area (Å²) in [6, 6.07) is 4.44. The zero-order chi connectivity index (χ0) is 26.0. The number of unbranched alkanes of at least 4 members (excludes halogenated alkanes) is 1. The Bertz CT molecular complexity index is 1020. The Morgan fingerprint density at radius 3 is 2.60 bits per heavy atom. The molecule has 0 radical (unpaired) electrons. The van der Waals surface area contributed by atoms with Gasteiger partial charge in [-0.15, -0.1) is 0 Å². The van der Waals surface area contributed by atoms with Crippen molar-refractivity contribution in [3.63, 3.8) is 0 Å². The van der Waals surface area contributed by atoms with Crippen LogP contribution in [-0.4, -0.2) is 39.4 Å². The number of benzene rings is 1. The average molecular weight is 506 g/mol. The quantitative estimate of drug-likeness (QED) is 0.395. The Morgan fingerprint density at radius 1 is 1.26 bits per heavy atom. The van der Waals surface area contributed by atoms with Crippen molar-refractivity contribution in [3.05, 3.63) is 52.9 Å². The maximum absolute atomic E-state index is 14.5. The third kappa shape index (κ3) is 8.80. The van der Waals surface area contributed by atoms with Gasteiger partial charge in [-0.2, -0.15) is 0 Å². The van der Waals surface area contributed by atoms with Gasteiger partial charge in [0.15, 0.2) is 5.12 Å². The Labute approximate surface area is 211 Å². The fourth-order valence-corrected chi connectivity index (χ4v) is 4.52. The average Bonchev–Trinajstić information content (AvgIpc) is 3.19. The van der Waals surface area contributed by atoms with Crippen LogP contribution in [0.1, 0.15) is 74.4 Å². The highest BCUT2D eigenvalue weighted by Crippen LogP contribution is 2.20. The standard InChI is InChI=1S/C26H36FN3O4S/c1-6-7-8-24-28-13-21(14-29-25(32)20(11-17(2)3)16-35-18(4)31)30(24)15-19-9-10-22(23(27)12-19)26(33)34-5/h9-10,12-13,17,20H,6-8,11,14-16H2,1-5H3,(H,29,32). The number of ether oxygens (including phenoxy) is 1. The summed E-state index contributed by atoms with van der Waals surface area (Å²) < 4.78 is 21.1. The first-order valence-electron chi connectivity index (χ1n) is 12.0. The third-order valence-electron chi connectivity index (χ3n) is 5.61. The summed E-state index contributed by atoms with van der Waals surface area (Å²) in [4.78, 5) is 40.6. The summed E-state index contributed by atoms with van der Waals surface area (Å²) in [5.74, 6) is -0.0801. The molecule has 1 heterocycles. The molecular weight excluding hydrogens is 469 g/mol. The Balaban J connectivity index is 2.21. The van der Waals surface area contributed by atoms with Crippen LogP contribution in [0.25, 0.3) is 0 Å². The van der Waals surface area contributed by atoms with Crippen LogP contribution < -0.4 is 5.32 Å². The van der Waals surface area contributed by atoms with E-state index in [4.69, 9.17) is 0 Å². The number of hydrogen-bond acceptors (Lipinski definition) is 6. The number of aryl methyl sites for hydroxylation is 1. The van der Waals surface area contributed by atoms with Gasteiger partial charge in [0, 0.05) is 31.6 Å². The molecule has 7 nitrogen and oxygen atoms in total. The largest absolute Gasteiger partial charge is 0.465 e. The zero-order valence-electron chi connectivity index (χ0n) is 21.2. The van der Waals surface area contributed by atoms with E-state index in [9.17, 15) is 18.8 Å². The number of methoxy groups -OCH3 is 1. The number of thioether (sulfide) groups is 1. The maximum atomic E-state index is 14.5. The van der Waals surface area contributed by atoms with Gasteiger partial charge in [-0.25, -0.2) is 14.2 Å². The van der Waals surface area contributed by atoms with Gasteiger partial charge in [-0.1, -0.05) is 45.0 Å². The molecule has 0 spiro atoms. The summed E-state index contributed by atoms with van der Waals surface area (Å²) in [5.41, 5.74) is 1.37. The van der Waals surface area contributed by atoms with Crippen molar-refractivity contribution >= 4 is 28.8 Å². The van der Waals surface area contributed by atoms with Crippen LogP contribution in [0.2, 0.25) is 0 Å². The third-order valence-corrected chi connectivity index (χ3v) is 6.59. The molecule has 35 heavy (non-hydrogen) atoms. The first kappa shape index (κ1) is 28.6. The molecule has 0 aliphatic heterocycles. The van der Waals surface area contributed by atoms with Crippen molar-refractivity contribution in [3.8, 4) is 0 Å². The molecule has 0 saturated heterocycles. The van der Waals surface area contributed by atoms with E-state index in [0.717, 1.165) is 30.8 Å². The highest BCUT2D eigenvalue weighted by molar-refractivity contribution is 8.13. The minimum absolute atomic E-state index is 0.00403. The van der Waals surface area contributed by atoms with Gasteiger partial charge in [-0.05, 0) is 36.5 Å². The number of nitrogens with zero attached hydrogens (tertiary/aromatic N) is 2. The molecule has 0 aliphatic carbocycles. The van der Waals surface area contributed by atoms with Gasteiger partial charge in [-0.3, -0.25) is 9.59 Å². The Hall–Kier alpha value is -2.68. The molecule has 1 aromatic heterocycles. The van der Waals surface area contributed by atoms with Crippen LogP contribution in [0.5, 0.6) is 0 Å². The number of aromatic nitrogens is 2. The van der Waals surface area contributed by atoms with Crippen LogP contribution in [0.3, 0.4) is 0 Å². The summed E-state index contributed by atoms with van der Waals surface area (Å²) >= 11 is 1.17. The highest BCUT2D eigenvalue weighted by atomic mass is 32.2. The molecule has 2 aromatic rings. The molecule has 0 bridgehead atoms. The van der Waals surface area contributed by atoms with Gasteiger partial charge in [0.25, 0.3) is 0 Å². The number of amides is 1. The Morgan fingerprint density at radius 2 is 2.00 bits per heavy atom. The lowest BCUT2D eigenvalue weighted by molar-refractivity contribution is -0.125. The molecule has 9 heteroatoms. The number of carbonyl (C=O) groups excluding carboxylic acids is 3. The van der Waals surface area contributed by atoms with Crippen molar-refractivity contribution < 1.29 is 23.5 Å². The molecule has 1 aromatic carbocycles. The molecule has 0 aliphatic rings. The minimum atomic E-state index is -0.720. The molecule has 1 amide bonds. The second-order valence-electron chi connectivity index (χ2n) is 9.01. The lowest BCUT2D eigenvalue weighted by atomic mass is 9.98. The SMILES string of the molecule is CCCCc1ncc(CNC(=O)C(CSC(C)=O)CC(C)C)n1Cc1ccc(C(=O)OC)c(F)c1. The second kappa shape index (κ2) is 14.0. The summed E-state index contributed by atoms with van der Waals surface area (Å²) in [7, 11) is 1.21. The fraction of sp³-hybridized carbons (Fsp3) is 0.538. The summed E-state index contributed by atoms with van der Waals surface area (Å²) in [6.07, 6.45) is 5.16.